The molecular weight excluding hydrogens is 290 g/mol. The van der Waals surface area contributed by atoms with E-state index in [2.05, 4.69) is 0 Å². The molecule has 3 saturated carbocycles. The van der Waals surface area contributed by atoms with E-state index in [0.29, 0.717) is 0 Å². The summed E-state index contributed by atoms with van der Waals surface area (Å²) >= 11 is 0. The molecule has 2 bridgehead atoms. The molecule has 15 nitrogen and oxygen atoms in total. The molecule has 0 N–H and O–H groups in total. The standard InChI is InChI=1S/C5H3N5O10/c11-6(12)1-4(9(17)18)2(7(13)14)5(1,10(19)20)3(4)8(15)16/h1-3H. The van der Waals surface area contributed by atoms with Crippen LogP contribution in [0.25, 0.3) is 0 Å². The van der Waals surface area contributed by atoms with Crippen LogP contribution < -0.4 is 0 Å². The van der Waals surface area contributed by atoms with Gasteiger partial charge in [0.05, 0.1) is 0 Å². The van der Waals surface area contributed by atoms with E-state index < -0.39 is 53.8 Å². The van der Waals surface area contributed by atoms with Crippen molar-refractivity contribution >= 4 is 0 Å². The molecule has 0 amide bonds. The lowest BCUT2D eigenvalue weighted by Gasteiger charge is -2.55. The summed E-state index contributed by atoms with van der Waals surface area (Å²) in [5.41, 5.74) is -6.38. The van der Waals surface area contributed by atoms with Gasteiger partial charge in [0.15, 0.2) is 0 Å². The van der Waals surface area contributed by atoms with Crippen LogP contribution in [-0.4, -0.2) is 53.8 Å². The molecule has 3 fully saturated rings. The molecule has 0 aromatic heterocycles. The zero-order chi connectivity index (χ0) is 15.6. The van der Waals surface area contributed by atoms with Gasteiger partial charge >= 0.3 is 29.2 Å². The summed E-state index contributed by atoms with van der Waals surface area (Å²) in [6.07, 6.45) is 0. The first kappa shape index (κ1) is 13.4. The van der Waals surface area contributed by atoms with Gasteiger partial charge in [-0.25, -0.2) is 0 Å². The van der Waals surface area contributed by atoms with Gasteiger partial charge in [-0.15, -0.1) is 0 Å². The molecule has 0 aromatic rings. The smallest absolute Gasteiger partial charge is 0.264 e. The van der Waals surface area contributed by atoms with E-state index in [1.807, 2.05) is 0 Å². The lowest BCUT2D eigenvalue weighted by atomic mass is 9.34. The van der Waals surface area contributed by atoms with E-state index in [1.165, 1.54) is 0 Å². The van der Waals surface area contributed by atoms with Crippen LogP contribution in [0.15, 0.2) is 0 Å². The molecular formula is C5H3N5O10. The van der Waals surface area contributed by atoms with Gasteiger partial charge in [-0.1, -0.05) is 0 Å². The molecule has 108 valence electrons. The third-order valence-electron chi connectivity index (χ3n) is 3.89. The van der Waals surface area contributed by atoms with Crippen molar-refractivity contribution in [2.75, 3.05) is 0 Å². The van der Waals surface area contributed by atoms with Crippen LogP contribution in [0.1, 0.15) is 0 Å². The Balaban J connectivity index is 2.70. The monoisotopic (exact) mass is 293 g/mol. The highest BCUT2D eigenvalue weighted by Gasteiger charge is 3.23. The summed E-state index contributed by atoms with van der Waals surface area (Å²) in [5.74, 6) is 0. The van der Waals surface area contributed by atoms with E-state index >= 15 is 0 Å². The van der Waals surface area contributed by atoms with Gasteiger partial charge < -0.3 is 0 Å². The highest BCUT2D eigenvalue weighted by Crippen LogP contribution is 2.66. The van der Waals surface area contributed by atoms with Crippen LogP contribution in [0, 0.1) is 50.6 Å². The summed E-state index contributed by atoms with van der Waals surface area (Å²) in [7, 11) is 0. The lowest BCUT2D eigenvalue weighted by molar-refractivity contribution is -0.920. The van der Waals surface area contributed by atoms with Crippen molar-refractivity contribution in [1.82, 2.24) is 0 Å². The minimum Gasteiger partial charge on any atom is -0.264 e. The van der Waals surface area contributed by atoms with Gasteiger partial charge in [0.2, 0.25) is 0 Å². The van der Waals surface area contributed by atoms with E-state index in [1.54, 1.807) is 0 Å². The second kappa shape index (κ2) is 3.31. The van der Waals surface area contributed by atoms with Gasteiger partial charge in [-0.2, -0.15) is 0 Å². The van der Waals surface area contributed by atoms with Gasteiger partial charge in [0.1, 0.15) is 0 Å². The molecule has 0 aromatic carbocycles. The van der Waals surface area contributed by atoms with Crippen LogP contribution in [-0.2, 0) is 0 Å². The average molecular weight is 293 g/mol. The molecule has 0 saturated heterocycles. The Kier molecular flexibility index (Phi) is 2.22. The second-order valence-corrected chi connectivity index (χ2v) is 4.35. The van der Waals surface area contributed by atoms with Crippen molar-refractivity contribution < 1.29 is 24.6 Å². The Labute approximate surface area is 105 Å². The molecule has 0 spiro atoms. The molecule has 0 unspecified atom stereocenters. The van der Waals surface area contributed by atoms with Crippen molar-refractivity contribution in [3.63, 3.8) is 0 Å². The minimum atomic E-state index is -3.19. The van der Waals surface area contributed by atoms with Gasteiger partial charge in [0.25, 0.3) is 0 Å². The maximum Gasteiger partial charge on any atom is 0.441 e. The number of nitrogens with zero attached hydrogens (tertiary/aromatic N) is 5. The number of nitro groups is 5. The van der Waals surface area contributed by atoms with E-state index in [-0.39, 0.29) is 0 Å². The van der Waals surface area contributed by atoms with E-state index in [4.69, 9.17) is 0 Å². The zero-order valence-corrected chi connectivity index (χ0v) is 9.05. The third kappa shape index (κ3) is 0.905. The average Bonchev–Trinajstić information content (AvgIpc) is 2.09. The number of rotatable bonds is 5. The van der Waals surface area contributed by atoms with Crippen LogP contribution >= 0.6 is 0 Å². The minimum absolute atomic E-state index is 1.44. The summed E-state index contributed by atoms with van der Waals surface area (Å²) in [6, 6.07) is -7.82. The van der Waals surface area contributed by atoms with Gasteiger partial charge in [-0.3, -0.25) is 50.6 Å². The third-order valence-corrected chi connectivity index (χ3v) is 3.89. The normalized spacial score (nSPS) is 40.9. The summed E-state index contributed by atoms with van der Waals surface area (Å²) in [6.45, 7) is 0. The number of hydrogen-bond donors (Lipinski definition) is 0. The summed E-state index contributed by atoms with van der Waals surface area (Å²) in [5, 5.41) is 54.0. The lowest BCUT2D eigenvalue weighted by Crippen LogP contribution is -3.09. The van der Waals surface area contributed by atoms with Crippen LogP contribution in [0.3, 0.4) is 0 Å². The summed E-state index contributed by atoms with van der Waals surface area (Å²) in [4.78, 5) is 46.7. The quantitative estimate of drug-likeness (QED) is 0.400. The van der Waals surface area contributed by atoms with Crippen LogP contribution in [0.5, 0.6) is 0 Å². The van der Waals surface area contributed by atoms with Crippen molar-refractivity contribution in [3.05, 3.63) is 50.6 Å². The molecule has 20 heavy (non-hydrogen) atoms. The first-order valence-corrected chi connectivity index (χ1v) is 4.78. The SMILES string of the molecule is O=[N+]([O-])C1C2([N+](=O)[O-])C([N+](=O)[O-])C1([N+](=O)[O-])C2[N+](=O)[O-]. The maximum atomic E-state index is 10.9. The fraction of sp³-hybridized carbons (Fsp3) is 1.00. The van der Waals surface area contributed by atoms with Crippen molar-refractivity contribution in [2.45, 2.75) is 29.2 Å². The number of hydrogen-bond acceptors (Lipinski definition) is 10. The second-order valence-electron chi connectivity index (χ2n) is 4.35. The molecule has 0 radical (unpaired) electrons. The van der Waals surface area contributed by atoms with Crippen LogP contribution in [0.2, 0.25) is 0 Å². The predicted molar refractivity (Wildman–Crippen MR) is 51.8 cm³/mol. The molecule has 0 heterocycles. The molecule has 15 heteroatoms. The van der Waals surface area contributed by atoms with Crippen molar-refractivity contribution in [3.8, 4) is 0 Å². The Morgan fingerprint density at radius 1 is 0.550 bits per heavy atom. The topological polar surface area (TPSA) is 216 Å². The Morgan fingerprint density at radius 3 is 0.850 bits per heavy atom. The largest absolute Gasteiger partial charge is 0.441 e. The molecule has 3 rings (SSSR count). The first-order chi connectivity index (χ1) is 9.08. The van der Waals surface area contributed by atoms with Crippen LogP contribution in [0.4, 0.5) is 0 Å². The maximum absolute atomic E-state index is 10.9. The molecule has 3 aliphatic rings. The molecule has 0 aliphatic heterocycles. The predicted octanol–water partition coefficient (Wildman–Crippen LogP) is -2.02. The Hall–Kier alpha value is -3.00. The molecule has 3 aliphatic carbocycles. The Bertz CT molecular complexity index is 497. The highest BCUT2D eigenvalue weighted by atomic mass is 16.7. The van der Waals surface area contributed by atoms with Gasteiger partial charge in [-0.05, 0) is 0 Å². The highest BCUT2D eigenvalue weighted by molar-refractivity contribution is 5.41. The zero-order valence-electron chi connectivity index (χ0n) is 9.05. The fourth-order valence-corrected chi connectivity index (χ4v) is 3.33. The van der Waals surface area contributed by atoms with Crippen molar-refractivity contribution in [1.29, 1.82) is 0 Å². The Morgan fingerprint density at radius 2 is 0.750 bits per heavy atom. The summed E-state index contributed by atoms with van der Waals surface area (Å²) < 4.78 is 0. The van der Waals surface area contributed by atoms with Gasteiger partial charge in [0, 0.05) is 24.6 Å². The van der Waals surface area contributed by atoms with Crippen molar-refractivity contribution in [2.24, 2.45) is 0 Å². The first-order valence-electron chi connectivity index (χ1n) is 4.78. The van der Waals surface area contributed by atoms with E-state index in [9.17, 15) is 50.6 Å². The molecule has 0 atom stereocenters. The van der Waals surface area contributed by atoms with E-state index in [0.717, 1.165) is 0 Å². The fourth-order valence-electron chi connectivity index (χ4n) is 3.33.